The third kappa shape index (κ3) is 8.35. The van der Waals surface area contributed by atoms with E-state index in [0.29, 0.717) is 44.9 Å². The molecule has 0 aliphatic rings. The summed E-state index contributed by atoms with van der Waals surface area (Å²) >= 11 is 0. The van der Waals surface area contributed by atoms with E-state index in [2.05, 4.69) is 31.1 Å². The van der Waals surface area contributed by atoms with Gasteiger partial charge < -0.3 is 25.3 Å². The van der Waals surface area contributed by atoms with Crippen molar-refractivity contribution >= 4 is 78.5 Å². The predicted molar refractivity (Wildman–Crippen MR) is 249 cm³/mol. The molecule has 0 aliphatic carbocycles. The number of hydrogen-bond acceptors (Lipinski definition) is 9. The van der Waals surface area contributed by atoms with Gasteiger partial charge in [0.2, 0.25) is 0 Å². The van der Waals surface area contributed by atoms with Crippen LogP contribution < -0.4 is 10.6 Å². The van der Waals surface area contributed by atoms with Gasteiger partial charge in [-0.05, 0) is 146 Å². The molecule has 0 saturated carbocycles. The molecular weight excluding hydrogens is 789 g/mol. The molecule has 0 fully saturated rings. The van der Waals surface area contributed by atoms with E-state index < -0.39 is 11.8 Å². The molecule has 0 saturated heterocycles. The van der Waals surface area contributed by atoms with Crippen LogP contribution in [0.15, 0.2) is 170 Å². The molecule has 11 heteroatoms. The topological polar surface area (TPSA) is 161 Å². The molecule has 9 rings (SSSR count). The van der Waals surface area contributed by atoms with Gasteiger partial charge in [0.15, 0.2) is 11.5 Å². The van der Waals surface area contributed by atoms with E-state index in [1.807, 2.05) is 137 Å². The Morgan fingerprint density at radius 1 is 0.476 bits per heavy atom. The molecule has 8 aromatic carbocycles. The van der Waals surface area contributed by atoms with E-state index in [0.717, 1.165) is 44.0 Å². The number of nitrogens with zero attached hydrogens (tertiary/aromatic N) is 4. The Labute approximate surface area is 362 Å². The van der Waals surface area contributed by atoms with Gasteiger partial charge in [-0.15, -0.1) is 10.2 Å². The second kappa shape index (κ2) is 16.5. The number of phenolic OH excluding ortho intramolecular Hbond substituents is 2. The molecule has 0 radical (unpaired) electrons. The summed E-state index contributed by atoms with van der Waals surface area (Å²) in [5, 5.41) is 50.0. The molecule has 4 N–H and O–H groups in total. The van der Waals surface area contributed by atoms with Crippen molar-refractivity contribution < 1.29 is 24.2 Å². The summed E-state index contributed by atoms with van der Waals surface area (Å²) in [6.45, 7) is 7.83. The summed E-state index contributed by atoms with van der Waals surface area (Å²) in [6, 6.07) is 44.2. The Kier molecular flexibility index (Phi) is 10.5. The van der Waals surface area contributed by atoms with Gasteiger partial charge in [-0.3, -0.25) is 9.59 Å². The Balaban J connectivity index is 0.952. The minimum atomic E-state index is -0.462. The number of rotatable bonds is 9. The van der Waals surface area contributed by atoms with Crippen LogP contribution in [0.4, 0.5) is 34.1 Å². The van der Waals surface area contributed by atoms with Crippen LogP contribution in [0.1, 0.15) is 43.0 Å². The average molecular weight is 829 g/mol. The summed E-state index contributed by atoms with van der Waals surface area (Å²) < 4.78 is 6.20. The van der Waals surface area contributed by atoms with Gasteiger partial charge in [-0.25, -0.2) is 0 Å². The van der Waals surface area contributed by atoms with Crippen LogP contribution in [0.5, 0.6) is 11.5 Å². The van der Waals surface area contributed by atoms with Crippen molar-refractivity contribution in [2.45, 2.75) is 27.7 Å². The molecule has 308 valence electrons. The standard InChI is InChI=1S/C52H40N6O5/c1-29-19-30(2)22-39(21-29)53-51(61)43-26-34-9-5-7-11-41(34)47(49(43)59)57-55-37-15-13-33(14-16-37)46-28-36-25-38(17-18-45(36)63-46)56-58-48-42-12-8-6-10-35(42)27-44(50(48)60)52(62)54-40-23-31(3)20-32(4)24-40/h5-28,59-60H,1-4H3,(H,53,61)(H,54,62)/b57-55+,58-56+. The van der Waals surface area contributed by atoms with E-state index in [1.165, 1.54) is 0 Å². The van der Waals surface area contributed by atoms with Crippen LogP contribution in [-0.4, -0.2) is 22.0 Å². The molecule has 63 heavy (non-hydrogen) atoms. The van der Waals surface area contributed by atoms with Crippen LogP contribution in [0.3, 0.4) is 0 Å². The Hall–Kier alpha value is -8.44. The second-order valence-electron chi connectivity index (χ2n) is 15.6. The summed E-state index contributed by atoms with van der Waals surface area (Å²) in [5.41, 5.74) is 8.29. The number of aryl methyl sites for hydroxylation is 4. The van der Waals surface area contributed by atoms with Crippen LogP contribution in [0, 0.1) is 27.7 Å². The summed E-state index contributed by atoms with van der Waals surface area (Å²) in [4.78, 5) is 26.9. The number of carbonyl (C=O) groups excluding carboxylic acids is 2. The fraction of sp³-hybridized carbons (Fsp3) is 0.0769. The van der Waals surface area contributed by atoms with Gasteiger partial charge in [0.25, 0.3) is 11.8 Å². The first-order chi connectivity index (χ1) is 30.4. The first kappa shape index (κ1) is 40.0. The SMILES string of the molecule is Cc1cc(C)cc(NC(=O)c2cc3ccccc3c(/N=N/c3ccc(-c4cc5cc(/N=N/c6c(O)c(C(=O)Nc7cc(C)cc(C)c7)cc7ccccc67)ccc5o4)cc3)c2O)c1. The Bertz CT molecular complexity index is 3310. The van der Waals surface area contributed by atoms with Crippen LogP contribution >= 0.6 is 0 Å². The highest BCUT2D eigenvalue weighted by atomic mass is 16.3. The van der Waals surface area contributed by atoms with Crippen molar-refractivity contribution in [1.29, 1.82) is 0 Å². The lowest BCUT2D eigenvalue weighted by Crippen LogP contribution is -2.12. The van der Waals surface area contributed by atoms with E-state index in [1.54, 1.807) is 36.4 Å². The maximum atomic E-state index is 13.5. The van der Waals surface area contributed by atoms with Gasteiger partial charge in [0.05, 0.1) is 22.5 Å². The van der Waals surface area contributed by atoms with Crippen molar-refractivity contribution in [2.24, 2.45) is 20.5 Å². The van der Waals surface area contributed by atoms with E-state index in [9.17, 15) is 19.8 Å². The molecule has 2 amide bonds. The summed E-state index contributed by atoms with van der Waals surface area (Å²) in [6.07, 6.45) is 0. The molecule has 1 heterocycles. The van der Waals surface area contributed by atoms with E-state index in [4.69, 9.17) is 4.42 Å². The maximum Gasteiger partial charge on any atom is 0.259 e. The number of amides is 2. The molecule has 1 aromatic heterocycles. The molecular formula is C52H40N6O5. The lowest BCUT2D eigenvalue weighted by atomic mass is 10.0. The third-order valence-corrected chi connectivity index (χ3v) is 10.6. The van der Waals surface area contributed by atoms with Gasteiger partial charge in [-0.1, -0.05) is 60.7 Å². The lowest BCUT2D eigenvalue weighted by molar-refractivity contribution is 0.101. The average Bonchev–Trinajstić information content (AvgIpc) is 3.68. The zero-order chi connectivity index (χ0) is 43.8. The smallest absolute Gasteiger partial charge is 0.259 e. The number of benzene rings is 8. The van der Waals surface area contributed by atoms with Crippen LogP contribution in [0.2, 0.25) is 0 Å². The number of nitrogens with one attached hydrogen (secondary N) is 2. The van der Waals surface area contributed by atoms with Crippen molar-refractivity contribution in [3.05, 3.63) is 179 Å². The molecule has 0 bridgehead atoms. The van der Waals surface area contributed by atoms with Crippen LogP contribution in [0.25, 0.3) is 43.8 Å². The monoisotopic (exact) mass is 828 g/mol. The highest BCUT2D eigenvalue weighted by Crippen LogP contribution is 2.42. The number of hydrogen-bond donors (Lipinski definition) is 4. The molecule has 0 atom stereocenters. The number of furan rings is 1. The molecule has 0 spiro atoms. The fourth-order valence-corrected chi connectivity index (χ4v) is 7.82. The van der Waals surface area contributed by atoms with Gasteiger partial charge in [0.1, 0.15) is 22.7 Å². The normalized spacial score (nSPS) is 11.6. The number of aromatic hydroxyl groups is 2. The fourth-order valence-electron chi connectivity index (χ4n) is 7.82. The van der Waals surface area contributed by atoms with E-state index >= 15 is 0 Å². The molecule has 9 aromatic rings. The number of carbonyl (C=O) groups is 2. The van der Waals surface area contributed by atoms with Gasteiger partial charge in [-0.2, -0.15) is 10.2 Å². The second-order valence-corrected chi connectivity index (χ2v) is 15.6. The highest BCUT2D eigenvalue weighted by molar-refractivity contribution is 6.13. The number of phenols is 2. The van der Waals surface area contributed by atoms with E-state index in [-0.39, 0.29) is 34.0 Å². The van der Waals surface area contributed by atoms with Gasteiger partial charge in [0, 0.05) is 33.1 Å². The van der Waals surface area contributed by atoms with Crippen molar-refractivity contribution in [1.82, 2.24) is 0 Å². The van der Waals surface area contributed by atoms with Crippen molar-refractivity contribution in [3.63, 3.8) is 0 Å². The zero-order valence-corrected chi connectivity index (χ0v) is 34.8. The number of fused-ring (bicyclic) bond motifs is 3. The minimum absolute atomic E-state index is 0.0822. The van der Waals surface area contributed by atoms with Crippen molar-refractivity contribution in [3.8, 4) is 22.8 Å². The first-order valence-corrected chi connectivity index (χ1v) is 20.2. The predicted octanol–water partition coefficient (Wildman–Crippen LogP) is 14.4. The molecule has 0 aliphatic heterocycles. The maximum absolute atomic E-state index is 13.5. The summed E-state index contributed by atoms with van der Waals surface area (Å²) in [7, 11) is 0. The Morgan fingerprint density at radius 2 is 0.937 bits per heavy atom. The van der Waals surface area contributed by atoms with Crippen molar-refractivity contribution in [2.75, 3.05) is 10.6 Å². The lowest BCUT2D eigenvalue weighted by Gasteiger charge is -2.12. The summed E-state index contributed by atoms with van der Waals surface area (Å²) in [5.74, 6) is -0.855. The molecule has 11 nitrogen and oxygen atoms in total. The highest BCUT2D eigenvalue weighted by Gasteiger charge is 2.21. The zero-order valence-electron chi connectivity index (χ0n) is 34.8. The number of anilines is 2. The van der Waals surface area contributed by atoms with Gasteiger partial charge >= 0.3 is 0 Å². The minimum Gasteiger partial charge on any atom is -0.505 e. The quantitative estimate of drug-likeness (QED) is 0.106. The van der Waals surface area contributed by atoms with Crippen LogP contribution in [-0.2, 0) is 0 Å². The first-order valence-electron chi connectivity index (χ1n) is 20.2. The third-order valence-electron chi connectivity index (χ3n) is 10.6. The molecule has 0 unspecified atom stereocenters. The number of azo groups is 2. The largest absolute Gasteiger partial charge is 0.505 e. The Morgan fingerprint density at radius 3 is 1.44 bits per heavy atom.